The Balaban J connectivity index is 1.94. The molecular weight excluding hydrogens is 364 g/mol. The van der Waals surface area contributed by atoms with E-state index in [4.69, 9.17) is 0 Å². The molecule has 0 fully saturated rings. The third-order valence-corrected chi connectivity index (χ3v) is 6.55. The molecule has 0 radical (unpaired) electrons. The van der Waals surface area contributed by atoms with Gasteiger partial charge in [-0.25, -0.2) is 0 Å². The number of fused-ring (bicyclic) bond motifs is 7. The lowest BCUT2D eigenvalue weighted by Crippen LogP contribution is -2.04. The fourth-order valence-electron chi connectivity index (χ4n) is 5.02. The number of hydrogen-bond donors (Lipinski definition) is 0. The van der Waals surface area contributed by atoms with Gasteiger partial charge in [0.1, 0.15) is 0 Å². The SMILES string of the molecule is CCC(C)n1c2ccccc2c2ccc3c4ccccc4n(-c4ccccc4)c3c21. The monoisotopic (exact) mass is 388 g/mol. The Labute approximate surface area is 176 Å². The highest BCUT2D eigenvalue weighted by molar-refractivity contribution is 6.23. The molecule has 146 valence electrons. The Morgan fingerprint density at radius 3 is 1.87 bits per heavy atom. The smallest absolute Gasteiger partial charge is 0.0785 e. The Morgan fingerprint density at radius 2 is 1.17 bits per heavy atom. The normalized spacial score (nSPS) is 13.0. The van der Waals surface area contributed by atoms with Crippen molar-refractivity contribution < 1.29 is 0 Å². The summed E-state index contributed by atoms with van der Waals surface area (Å²) in [5.74, 6) is 0. The maximum absolute atomic E-state index is 2.56. The van der Waals surface area contributed by atoms with Crippen LogP contribution < -0.4 is 0 Å². The van der Waals surface area contributed by atoms with Crippen LogP contribution in [0, 0.1) is 0 Å². The molecule has 0 spiro atoms. The van der Waals surface area contributed by atoms with Crippen LogP contribution in [0.1, 0.15) is 26.3 Å². The zero-order valence-corrected chi connectivity index (χ0v) is 17.3. The number of aromatic nitrogens is 2. The molecule has 4 aromatic carbocycles. The molecule has 2 nitrogen and oxygen atoms in total. The van der Waals surface area contributed by atoms with Crippen LogP contribution >= 0.6 is 0 Å². The van der Waals surface area contributed by atoms with Gasteiger partial charge in [0, 0.05) is 38.8 Å². The number of hydrogen-bond acceptors (Lipinski definition) is 0. The van der Waals surface area contributed by atoms with Gasteiger partial charge in [0.25, 0.3) is 0 Å². The molecular formula is C28H24N2. The third-order valence-electron chi connectivity index (χ3n) is 6.55. The zero-order valence-electron chi connectivity index (χ0n) is 17.3. The van der Waals surface area contributed by atoms with Gasteiger partial charge in [-0.05, 0) is 37.6 Å². The second-order valence-corrected chi connectivity index (χ2v) is 8.19. The Bertz CT molecular complexity index is 1530. The van der Waals surface area contributed by atoms with Crippen molar-refractivity contribution in [1.82, 2.24) is 9.13 Å². The summed E-state index contributed by atoms with van der Waals surface area (Å²) in [7, 11) is 0. The standard InChI is InChI=1S/C28H24N2/c1-3-19(2)29-25-15-9-7-13-21(25)23-17-18-24-22-14-8-10-16-26(22)30(28(24)27(23)29)20-11-5-4-6-12-20/h4-19H,3H2,1-2H3. The zero-order chi connectivity index (χ0) is 20.2. The highest BCUT2D eigenvalue weighted by Gasteiger charge is 2.21. The average Bonchev–Trinajstić information content (AvgIpc) is 3.32. The van der Waals surface area contributed by atoms with E-state index in [1.807, 2.05) is 0 Å². The van der Waals surface area contributed by atoms with Crippen molar-refractivity contribution in [3.05, 3.63) is 91.0 Å². The molecule has 6 aromatic rings. The first kappa shape index (κ1) is 17.3. The molecule has 0 amide bonds. The van der Waals surface area contributed by atoms with Crippen molar-refractivity contribution in [3.63, 3.8) is 0 Å². The second kappa shape index (κ2) is 6.50. The summed E-state index contributed by atoms with van der Waals surface area (Å²) in [6, 6.07) is 33.4. The maximum Gasteiger partial charge on any atom is 0.0785 e. The van der Waals surface area contributed by atoms with Crippen molar-refractivity contribution in [2.24, 2.45) is 0 Å². The molecule has 2 heteroatoms. The van der Waals surface area contributed by atoms with E-state index >= 15 is 0 Å². The first-order valence-corrected chi connectivity index (χ1v) is 10.8. The number of nitrogens with zero attached hydrogens (tertiary/aromatic N) is 2. The molecule has 0 aliphatic rings. The average molecular weight is 389 g/mol. The summed E-state index contributed by atoms with van der Waals surface area (Å²) in [4.78, 5) is 0. The predicted molar refractivity (Wildman–Crippen MR) is 129 cm³/mol. The van der Waals surface area contributed by atoms with E-state index in [1.165, 1.54) is 49.3 Å². The Kier molecular flexibility index (Phi) is 3.76. The number of rotatable bonds is 3. The van der Waals surface area contributed by atoms with Gasteiger partial charge >= 0.3 is 0 Å². The van der Waals surface area contributed by atoms with Gasteiger partial charge in [0.05, 0.1) is 16.6 Å². The van der Waals surface area contributed by atoms with Gasteiger partial charge < -0.3 is 9.13 Å². The van der Waals surface area contributed by atoms with Crippen molar-refractivity contribution >= 4 is 43.6 Å². The highest BCUT2D eigenvalue weighted by atomic mass is 15.1. The molecule has 0 saturated carbocycles. The van der Waals surface area contributed by atoms with Crippen LogP contribution in [0.3, 0.4) is 0 Å². The summed E-state index contributed by atoms with van der Waals surface area (Å²) in [6.07, 6.45) is 1.09. The van der Waals surface area contributed by atoms with Gasteiger partial charge in [-0.3, -0.25) is 0 Å². The molecule has 1 unspecified atom stereocenters. The molecule has 6 rings (SSSR count). The quantitative estimate of drug-likeness (QED) is 0.292. The van der Waals surface area contributed by atoms with Crippen LogP contribution in [-0.4, -0.2) is 9.13 Å². The van der Waals surface area contributed by atoms with Gasteiger partial charge in [0.2, 0.25) is 0 Å². The summed E-state index contributed by atoms with van der Waals surface area (Å²) in [5.41, 5.74) is 6.42. The van der Waals surface area contributed by atoms with Crippen LogP contribution in [0.5, 0.6) is 0 Å². The lowest BCUT2D eigenvalue weighted by Gasteiger charge is -2.17. The Hall–Kier alpha value is -3.52. The Morgan fingerprint density at radius 1 is 0.600 bits per heavy atom. The molecule has 1 atom stereocenters. The predicted octanol–water partition coefficient (Wildman–Crippen LogP) is 7.86. The van der Waals surface area contributed by atoms with Crippen LogP contribution in [-0.2, 0) is 0 Å². The molecule has 2 heterocycles. The van der Waals surface area contributed by atoms with Crippen LogP contribution in [0.4, 0.5) is 0 Å². The van der Waals surface area contributed by atoms with E-state index in [2.05, 4.69) is 114 Å². The lowest BCUT2D eigenvalue weighted by molar-refractivity contribution is 0.563. The summed E-state index contributed by atoms with van der Waals surface area (Å²) < 4.78 is 5.01. The first-order valence-electron chi connectivity index (χ1n) is 10.8. The van der Waals surface area contributed by atoms with Crippen LogP contribution in [0.25, 0.3) is 49.3 Å². The number of benzene rings is 4. The van der Waals surface area contributed by atoms with Crippen molar-refractivity contribution in [2.45, 2.75) is 26.3 Å². The third kappa shape index (κ3) is 2.25. The summed E-state index contributed by atoms with van der Waals surface area (Å²) in [5, 5.41) is 5.28. The minimum absolute atomic E-state index is 0.417. The van der Waals surface area contributed by atoms with E-state index in [9.17, 15) is 0 Å². The van der Waals surface area contributed by atoms with Crippen LogP contribution in [0.15, 0.2) is 91.0 Å². The maximum atomic E-state index is 2.56. The molecule has 0 saturated heterocycles. The van der Waals surface area contributed by atoms with E-state index in [0.29, 0.717) is 6.04 Å². The van der Waals surface area contributed by atoms with Crippen molar-refractivity contribution in [2.75, 3.05) is 0 Å². The van der Waals surface area contributed by atoms with Crippen LogP contribution in [0.2, 0.25) is 0 Å². The van der Waals surface area contributed by atoms with Crippen molar-refractivity contribution in [3.8, 4) is 5.69 Å². The molecule has 30 heavy (non-hydrogen) atoms. The molecule has 0 aliphatic carbocycles. The first-order chi connectivity index (χ1) is 14.8. The molecule has 0 bridgehead atoms. The highest BCUT2D eigenvalue weighted by Crippen LogP contribution is 2.41. The van der Waals surface area contributed by atoms with Gasteiger partial charge in [-0.2, -0.15) is 0 Å². The van der Waals surface area contributed by atoms with E-state index in [0.717, 1.165) is 6.42 Å². The van der Waals surface area contributed by atoms with Gasteiger partial charge in [0.15, 0.2) is 0 Å². The topological polar surface area (TPSA) is 9.86 Å². The van der Waals surface area contributed by atoms with E-state index < -0.39 is 0 Å². The summed E-state index contributed by atoms with van der Waals surface area (Å²) in [6.45, 7) is 4.61. The van der Waals surface area contributed by atoms with Crippen molar-refractivity contribution in [1.29, 1.82) is 0 Å². The second-order valence-electron chi connectivity index (χ2n) is 8.19. The number of para-hydroxylation sites is 3. The molecule has 0 N–H and O–H groups in total. The summed E-state index contributed by atoms with van der Waals surface area (Å²) >= 11 is 0. The molecule has 0 aliphatic heterocycles. The molecule has 2 aromatic heterocycles. The van der Waals surface area contributed by atoms with Gasteiger partial charge in [-0.15, -0.1) is 0 Å². The minimum atomic E-state index is 0.417. The lowest BCUT2D eigenvalue weighted by atomic mass is 10.1. The van der Waals surface area contributed by atoms with Gasteiger partial charge in [-0.1, -0.05) is 73.7 Å². The van der Waals surface area contributed by atoms with E-state index in [1.54, 1.807) is 0 Å². The largest absolute Gasteiger partial charge is 0.336 e. The fraction of sp³-hybridized carbons (Fsp3) is 0.143. The minimum Gasteiger partial charge on any atom is -0.336 e. The van der Waals surface area contributed by atoms with E-state index in [-0.39, 0.29) is 0 Å². The fourth-order valence-corrected chi connectivity index (χ4v) is 5.02.